The van der Waals surface area contributed by atoms with Crippen molar-refractivity contribution < 1.29 is 4.39 Å². The van der Waals surface area contributed by atoms with Gasteiger partial charge in [0.15, 0.2) is 0 Å². The average molecular weight is 470 g/mol. The lowest BCUT2D eigenvalue weighted by Gasteiger charge is -2.43. The Hall–Kier alpha value is -1.93. The summed E-state index contributed by atoms with van der Waals surface area (Å²) in [5, 5.41) is 11.4. The topological polar surface area (TPSA) is 45.6 Å². The Morgan fingerprint density at radius 3 is 2.58 bits per heavy atom. The zero-order chi connectivity index (χ0) is 23.5. The van der Waals surface area contributed by atoms with E-state index in [4.69, 9.17) is 5.41 Å². The van der Waals surface area contributed by atoms with Crippen LogP contribution in [0.5, 0.6) is 0 Å². The Balaban J connectivity index is 1.59. The second kappa shape index (κ2) is 10.6. The van der Waals surface area contributed by atoms with E-state index in [2.05, 4.69) is 58.8 Å². The minimum absolute atomic E-state index is 0.253. The van der Waals surface area contributed by atoms with E-state index in [1.807, 2.05) is 12.1 Å². The number of hydrogen-bond donors (Lipinski definition) is 2. The lowest BCUT2D eigenvalue weighted by Crippen LogP contribution is -2.48. The molecule has 2 fully saturated rings. The van der Waals surface area contributed by atoms with Crippen LogP contribution < -0.4 is 5.32 Å². The number of piperazine rings is 1. The highest BCUT2D eigenvalue weighted by Crippen LogP contribution is 2.37. The molecule has 1 aliphatic carbocycles. The molecule has 0 amide bonds. The van der Waals surface area contributed by atoms with E-state index in [0.717, 1.165) is 49.2 Å². The molecule has 178 valence electrons. The molecule has 0 spiro atoms. The van der Waals surface area contributed by atoms with Gasteiger partial charge in [-0.3, -0.25) is 4.90 Å². The minimum atomic E-state index is -0.253. The molecule has 0 aromatic heterocycles. The van der Waals surface area contributed by atoms with E-state index in [1.54, 1.807) is 12.1 Å². The predicted molar refractivity (Wildman–Crippen MR) is 138 cm³/mol. The van der Waals surface area contributed by atoms with Crippen LogP contribution in [0.4, 0.5) is 15.8 Å². The molecule has 1 aliphatic heterocycles. The molecule has 1 saturated heterocycles. The molecule has 2 aromatic carbocycles. The van der Waals surface area contributed by atoms with Gasteiger partial charge < -0.3 is 10.7 Å². The van der Waals surface area contributed by atoms with Gasteiger partial charge in [0.05, 0.1) is 0 Å². The van der Waals surface area contributed by atoms with Gasteiger partial charge in [-0.15, -0.1) is 0 Å². The monoisotopic (exact) mass is 469 g/mol. The number of nitrogens with one attached hydrogen (secondary N) is 2. The van der Waals surface area contributed by atoms with Gasteiger partial charge in [0.25, 0.3) is 0 Å². The van der Waals surface area contributed by atoms with Gasteiger partial charge >= 0.3 is 0 Å². The lowest BCUT2D eigenvalue weighted by molar-refractivity contribution is 0.108. The summed E-state index contributed by atoms with van der Waals surface area (Å²) in [6, 6.07) is 11.7. The van der Waals surface area contributed by atoms with Crippen molar-refractivity contribution in [1.29, 1.82) is 5.41 Å². The third kappa shape index (κ3) is 6.15. The maximum absolute atomic E-state index is 13.3. The molecule has 1 heterocycles. The smallest absolute Gasteiger partial charge is 0.123 e. The summed E-state index contributed by atoms with van der Waals surface area (Å²) >= 11 is 1.88. The molecule has 1 atom stereocenters. The Morgan fingerprint density at radius 1 is 1.21 bits per heavy atom. The van der Waals surface area contributed by atoms with Crippen LogP contribution in [0.15, 0.2) is 36.4 Å². The molecule has 7 heteroatoms. The number of anilines is 2. The Kier molecular flexibility index (Phi) is 7.74. The number of aryl methyl sites for hydroxylation is 1. The fraction of sp³-hybridized carbons (Fsp3) is 0.500. The van der Waals surface area contributed by atoms with E-state index < -0.39 is 0 Å². The number of hydrogen-bond acceptors (Lipinski definition) is 6. The summed E-state index contributed by atoms with van der Waals surface area (Å²) in [5.41, 5.74) is 5.05. The summed E-state index contributed by atoms with van der Waals surface area (Å²) < 4.78 is 18.2. The van der Waals surface area contributed by atoms with Gasteiger partial charge in [-0.05, 0) is 80.3 Å². The lowest BCUT2D eigenvalue weighted by atomic mass is 9.94. The van der Waals surface area contributed by atoms with Crippen molar-refractivity contribution in [3.63, 3.8) is 0 Å². The van der Waals surface area contributed by atoms with Gasteiger partial charge in [-0.2, -0.15) is 0 Å². The summed E-state index contributed by atoms with van der Waals surface area (Å²) in [6.45, 7) is 10.9. The van der Waals surface area contributed by atoms with Crippen LogP contribution in [0.1, 0.15) is 49.4 Å². The first-order chi connectivity index (χ1) is 15.8. The van der Waals surface area contributed by atoms with Crippen LogP contribution >= 0.6 is 12.1 Å². The third-order valence-electron chi connectivity index (χ3n) is 6.43. The van der Waals surface area contributed by atoms with Crippen LogP contribution in [-0.2, 0) is 0 Å². The average Bonchev–Trinajstić information content (AvgIpc) is 3.62. The molecule has 0 bridgehead atoms. The molecular formula is C26H36FN5S. The molecule has 0 radical (unpaired) electrons. The quantitative estimate of drug-likeness (QED) is 0.356. The molecule has 2 aliphatic rings. The molecule has 2 aromatic rings. The Morgan fingerprint density at radius 2 is 1.94 bits per heavy atom. The summed E-state index contributed by atoms with van der Waals surface area (Å²) in [4.78, 5) is 2.61. The number of halogens is 1. The standard InChI is InChI=1S/C26H36FN5S/c1-18(2)16-31-11-12-32(33-30(4)23-9-10-23)17-26(31)24-14-20(15-28)25(13-19(24)3)29-22-7-5-21(27)6-8-22/h5-8,13-15,18,23,26,28-29H,9-12,16-17H2,1-4H3. The van der Waals surface area contributed by atoms with Gasteiger partial charge in [0.2, 0.25) is 0 Å². The molecule has 2 N–H and O–H groups in total. The van der Waals surface area contributed by atoms with Crippen molar-refractivity contribution in [2.45, 2.75) is 45.7 Å². The van der Waals surface area contributed by atoms with Crippen molar-refractivity contribution in [1.82, 2.24) is 13.5 Å². The van der Waals surface area contributed by atoms with E-state index in [-0.39, 0.29) is 5.82 Å². The van der Waals surface area contributed by atoms with Gasteiger partial charge in [-0.1, -0.05) is 13.8 Å². The van der Waals surface area contributed by atoms with E-state index in [9.17, 15) is 4.39 Å². The number of nitrogens with zero attached hydrogens (tertiary/aromatic N) is 3. The number of benzene rings is 2. The maximum atomic E-state index is 13.3. The largest absolute Gasteiger partial charge is 0.355 e. The normalized spacial score (nSPS) is 19.9. The molecule has 4 rings (SSSR count). The second-order valence-corrected chi connectivity index (χ2v) is 11.0. The summed E-state index contributed by atoms with van der Waals surface area (Å²) in [6.07, 6.45) is 4.03. The van der Waals surface area contributed by atoms with E-state index in [1.165, 1.54) is 42.3 Å². The van der Waals surface area contributed by atoms with Crippen LogP contribution in [-0.4, -0.2) is 59.0 Å². The zero-order valence-corrected chi connectivity index (χ0v) is 21.0. The highest BCUT2D eigenvalue weighted by molar-refractivity contribution is 7.94. The fourth-order valence-corrected chi connectivity index (χ4v) is 5.64. The predicted octanol–water partition coefficient (Wildman–Crippen LogP) is 5.85. The highest BCUT2D eigenvalue weighted by atomic mass is 32.2. The van der Waals surface area contributed by atoms with E-state index in [0.29, 0.717) is 12.0 Å². The molecular weight excluding hydrogens is 433 g/mol. The molecule has 5 nitrogen and oxygen atoms in total. The minimum Gasteiger partial charge on any atom is -0.355 e. The third-order valence-corrected chi connectivity index (χ3v) is 7.55. The summed E-state index contributed by atoms with van der Waals surface area (Å²) in [5.74, 6) is 0.347. The van der Waals surface area contributed by atoms with Crippen LogP contribution in [0.25, 0.3) is 0 Å². The van der Waals surface area contributed by atoms with Gasteiger partial charge in [0.1, 0.15) is 5.82 Å². The first-order valence-corrected chi connectivity index (χ1v) is 12.6. The van der Waals surface area contributed by atoms with Crippen LogP contribution in [0, 0.1) is 24.1 Å². The zero-order valence-electron chi connectivity index (χ0n) is 20.1. The maximum Gasteiger partial charge on any atom is 0.123 e. The fourth-order valence-electron chi connectivity index (χ4n) is 4.56. The molecule has 1 unspecified atom stereocenters. The van der Waals surface area contributed by atoms with Gasteiger partial charge in [0, 0.05) is 73.5 Å². The van der Waals surface area contributed by atoms with Crippen molar-refractivity contribution in [2.75, 3.05) is 38.5 Å². The molecule has 33 heavy (non-hydrogen) atoms. The van der Waals surface area contributed by atoms with Crippen LogP contribution in [0.3, 0.4) is 0 Å². The Labute approximate surface area is 202 Å². The van der Waals surface area contributed by atoms with Crippen molar-refractivity contribution in [3.8, 4) is 0 Å². The van der Waals surface area contributed by atoms with E-state index >= 15 is 0 Å². The molecule has 1 saturated carbocycles. The summed E-state index contributed by atoms with van der Waals surface area (Å²) in [7, 11) is 2.21. The Bertz CT molecular complexity index is 960. The van der Waals surface area contributed by atoms with Crippen molar-refractivity contribution in [2.24, 2.45) is 5.92 Å². The SMILES string of the molecule is Cc1cc(Nc2ccc(F)cc2)c(C=N)cc1C1CN(SN(C)C2CC2)CCN1CC(C)C. The van der Waals surface area contributed by atoms with Crippen LogP contribution in [0.2, 0.25) is 0 Å². The van der Waals surface area contributed by atoms with Crippen molar-refractivity contribution in [3.05, 3.63) is 58.9 Å². The first-order valence-electron chi connectivity index (χ1n) is 11.9. The number of rotatable bonds is 9. The van der Waals surface area contributed by atoms with Gasteiger partial charge in [-0.25, -0.2) is 13.0 Å². The second-order valence-electron chi connectivity index (χ2n) is 9.72. The van der Waals surface area contributed by atoms with Crippen molar-refractivity contribution >= 4 is 29.7 Å². The first kappa shape index (κ1) is 24.2. The highest BCUT2D eigenvalue weighted by Gasteiger charge is 2.33.